The van der Waals surface area contributed by atoms with Gasteiger partial charge in [-0.1, -0.05) is 12.1 Å². The molecule has 0 aliphatic heterocycles. The minimum atomic E-state index is -0.923. The van der Waals surface area contributed by atoms with E-state index in [1.165, 1.54) is 33.3 Å². The van der Waals surface area contributed by atoms with Gasteiger partial charge in [-0.2, -0.15) is 0 Å². The van der Waals surface area contributed by atoms with Crippen LogP contribution < -0.4 is 14.8 Å². The third-order valence-corrected chi connectivity index (χ3v) is 3.82. The minimum absolute atomic E-state index is 0.0273. The molecule has 0 aliphatic rings. The second-order valence-corrected chi connectivity index (χ2v) is 5.61. The van der Waals surface area contributed by atoms with E-state index in [2.05, 4.69) is 5.32 Å². The molecular formula is C20H19NO7. The number of Topliss-reactive ketones (excluding diaryl/α,β-unsaturated/α-hetero) is 1. The monoisotopic (exact) mass is 385 g/mol. The van der Waals surface area contributed by atoms with E-state index in [9.17, 15) is 19.2 Å². The molecule has 146 valence electrons. The number of nitrogens with one attached hydrogen (secondary N) is 1. The summed E-state index contributed by atoms with van der Waals surface area (Å²) in [6.45, 7) is 0.755. The highest BCUT2D eigenvalue weighted by Crippen LogP contribution is 2.33. The second-order valence-electron chi connectivity index (χ2n) is 5.61. The summed E-state index contributed by atoms with van der Waals surface area (Å²) in [5, 5.41) is 2.52. The van der Waals surface area contributed by atoms with Gasteiger partial charge in [-0.3, -0.25) is 14.4 Å². The normalized spacial score (nSPS) is 9.96. The third-order valence-electron chi connectivity index (χ3n) is 3.82. The predicted octanol–water partition coefficient (Wildman–Crippen LogP) is 2.51. The fourth-order valence-electron chi connectivity index (χ4n) is 2.54. The maximum Gasteiger partial charge on any atom is 0.343 e. The van der Waals surface area contributed by atoms with Crippen molar-refractivity contribution in [2.24, 2.45) is 0 Å². The van der Waals surface area contributed by atoms with Crippen LogP contribution in [0, 0.1) is 0 Å². The SMILES string of the molecule is COc1ccc(C=O)c(C(=O)OCC(=O)Nc2ccccc2C(C)=O)c1OC. The number of ketones is 1. The predicted molar refractivity (Wildman–Crippen MR) is 100 cm³/mol. The fraction of sp³-hybridized carbons (Fsp3) is 0.200. The fourth-order valence-corrected chi connectivity index (χ4v) is 2.54. The first-order valence-electron chi connectivity index (χ1n) is 8.20. The summed E-state index contributed by atoms with van der Waals surface area (Å²) in [6, 6.07) is 9.32. The number of aldehydes is 1. The molecule has 8 heteroatoms. The summed E-state index contributed by atoms with van der Waals surface area (Å²) in [7, 11) is 2.70. The molecule has 1 N–H and O–H groups in total. The Hall–Kier alpha value is -3.68. The largest absolute Gasteiger partial charge is 0.493 e. The molecule has 2 aromatic rings. The molecular weight excluding hydrogens is 366 g/mol. The molecule has 28 heavy (non-hydrogen) atoms. The maximum atomic E-state index is 12.5. The summed E-state index contributed by atoms with van der Waals surface area (Å²) in [4.78, 5) is 47.5. The number of hydrogen-bond acceptors (Lipinski definition) is 7. The van der Waals surface area contributed by atoms with Crippen molar-refractivity contribution in [3.05, 3.63) is 53.1 Å². The van der Waals surface area contributed by atoms with Crippen LogP contribution in [0.4, 0.5) is 5.69 Å². The first kappa shape index (κ1) is 20.6. The number of para-hydroxylation sites is 1. The highest BCUT2D eigenvalue weighted by Gasteiger charge is 2.23. The second kappa shape index (κ2) is 9.31. The number of ether oxygens (including phenoxy) is 3. The molecule has 0 bridgehead atoms. The highest BCUT2D eigenvalue weighted by atomic mass is 16.5. The number of hydrogen-bond donors (Lipinski definition) is 1. The van der Waals surface area contributed by atoms with Crippen LogP contribution in [0.1, 0.15) is 38.0 Å². The summed E-state index contributed by atoms with van der Waals surface area (Å²) in [6.07, 6.45) is 0.474. The number of anilines is 1. The Morgan fingerprint density at radius 2 is 1.75 bits per heavy atom. The smallest absolute Gasteiger partial charge is 0.343 e. The van der Waals surface area contributed by atoms with E-state index in [0.717, 1.165) is 0 Å². The van der Waals surface area contributed by atoms with E-state index in [0.29, 0.717) is 17.5 Å². The zero-order chi connectivity index (χ0) is 20.7. The van der Waals surface area contributed by atoms with Crippen LogP contribution in [0.25, 0.3) is 0 Å². The number of carbonyl (C=O) groups is 4. The maximum absolute atomic E-state index is 12.5. The van der Waals surface area contributed by atoms with Gasteiger partial charge in [0.05, 0.1) is 19.9 Å². The van der Waals surface area contributed by atoms with Gasteiger partial charge in [0.1, 0.15) is 5.56 Å². The minimum Gasteiger partial charge on any atom is -0.493 e. The van der Waals surface area contributed by atoms with E-state index in [1.807, 2.05) is 0 Å². The van der Waals surface area contributed by atoms with E-state index in [1.54, 1.807) is 24.3 Å². The zero-order valence-electron chi connectivity index (χ0n) is 15.6. The molecule has 1 amide bonds. The Bertz CT molecular complexity index is 921. The summed E-state index contributed by atoms with van der Waals surface area (Å²) < 4.78 is 15.3. The quantitative estimate of drug-likeness (QED) is 0.422. The Kier molecular flexibility index (Phi) is 6.86. The van der Waals surface area contributed by atoms with Gasteiger partial charge >= 0.3 is 5.97 Å². The van der Waals surface area contributed by atoms with Gasteiger partial charge in [-0.25, -0.2) is 4.79 Å². The van der Waals surface area contributed by atoms with Crippen LogP contribution >= 0.6 is 0 Å². The number of benzene rings is 2. The molecule has 0 aliphatic carbocycles. The molecule has 0 heterocycles. The summed E-state index contributed by atoms with van der Waals surface area (Å²) in [5.74, 6) is -1.52. The Labute approximate surface area is 161 Å². The average Bonchev–Trinajstić information content (AvgIpc) is 2.70. The van der Waals surface area contributed by atoms with E-state index in [4.69, 9.17) is 14.2 Å². The Morgan fingerprint density at radius 3 is 2.36 bits per heavy atom. The van der Waals surface area contributed by atoms with Crippen molar-refractivity contribution in [2.45, 2.75) is 6.92 Å². The van der Waals surface area contributed by atoms with Crippen LogP contribution in [0.15, 0.2) is 36.4 Å². The standard InChI is InChI=1S/C20H19NO7/c1-12(23)14-6-4-5-7-15(14)21-17(24)11-28-20(25)18-13(10-22)8-9-16(26-2)19(18)27-3/h4-10H,11H2,1-3H3,(H,21,24). The Morgan fingerprint density at radius 1 is 1.04 bits per heavy atom. The van der Waals surface area contributed by atoms with Crippen LogP contribution in [0.3, 0.4) is 0 Å². The number of carbonyl (C=O) groups excluding carboxylic acids is 4. The molecule has 2 aromatic carbocycles. The lowest BCUT2D eigenvalue weighted by molar-refractivity contribution is -0.119. The molecule has 0 spiro atoms. The lowest BCUT2D eigenvalue weighted by atomic mass is 10.1. The molecule has 0 radical (unpaired) electrons. The topological polar surface area (TPSA) is 108 Å². The number of esters is 1. The van der Waals surface area contributed by atoms with Crippen molar-refractivity contribution >= 4 is 29.6 Å². The third kappa shape index (κ3) is 4.53. The molecule has 0 unspecified atom stereocenters. The first-order chi connectivity index (χ1) is 13.4. The van der Waals surface area contributed by atoms with Gasteiger partial charge in [0, 0.05) is 11.1 Å². The molecule has 0 aromatic heterocycles. The lowest BCUT2D eigenvalue weighted by Gasteiger charge is -2.14. The van der Waals surface area contributed by atoms with Gasteiger partial charge in [-0.15, -0.1) is 0 Å². The van der Waals surface area contributed by atoms with Crippen molar-refractivity contribution in [1.82, 2.24) is 0 Å². The van der Waals surface area contributed by atoms with Crippen molar-refractivity contribution in [3.63, 3.8) is 0 Å². The number of amides is 1. The van der Waals surface area contributed by atoms with E-state index in [-0.39, 0.29) is 28.4 Å². The molecule has 2 rings (SSSR count). The summed E-state index contributed by atoms with van der Waals surface area (Å²) in [5.41, 5.74) is 0.530. The van der Waals surface area contributed by atoms with Gasteiger partial charge in [0.15, 0.2) is 30.2 Å². The van der Waals surface area contributed by atoms with Crippen molar-refractivity contribution in [3.8, 4) is 11.5 Å². The zero-order valence-corrected chi connectivity index (χ0v) is 15.6. The van der Waals surface area contributed by atoms with Crippen LogP contribution in [0.2, 0.25) is 0 Å². The van der Waals surface area contributed by atoms with Gasteiger partial charge in [-0.05, 0) is 31.2 Å². The number of methoxy groups -OCH3 is 2. The van der Waals surface area contributed by atoms with Gasteiger partial charge < -0.3 is 19.5 Å². The number of rotatable bonds is 8. The van der Waals surface area contributed by atoms with Gasteiger partial charge in [0.2, 0.25) is 0 Å². The lowest BCUT2D eigenvalue weighted by Crippen LogP contribution is -2.22. The molecule has 0 atom stereocenters. The molecule has 0 saturated carbocycles. The summed E-state index contributed by atoms with van der Waals surface area (Å²) >= 11 is 0. The van der Waals surface area contributed by atoms with E-state index < -0.39 is 18.5 Å². The van der Waals surface area contributed by atoms with Crippen LogP contribution in [-0.4, -0.2) is 44.8 Å². The van der Waals surface area contributed by atoms with Crippen molar-refractivity contribution in [1.29, 1.82) is 0 Å². The average molecular weight is 385 g/mol. The van der Waals surface area contributed by atoms with Crippen LogP contribution in [-0.2, 0) is 9.53 Å². The molecule has 0 saturated heterocycles. The molecule has 8 nitrogen and oxygen atoms in total. The van der Waals surface area contributed by atoms with Crippen LogP contribution in [0.5, 0.6) is 11.5 Å². The van der Waals surface area contributed by atoms with E-state index >= 15 is 0 Å². The first-order valence-corrected chi connectivity index (χ1v) is 8.20. The Balaban J connectivity index is 2.16. The van der Waals surface area contributed by atoms with Crippen molar-refractivity contribution < 1.29 is 33.4 Å². The van der Waals surface area contributed by atoms with Gasteiger partial charge in [0.25, 0.3) is 5.91 Å². The van der Waals surface area contributed by atoms with Crippen molar-refractivity contribution in [2.75, 3.05) is 26.1 Å². The molecule has 0 fully saturated rings. The highest BCUT2D eigenvalue weighted by molar-refractivity contribution is 6.05.